The summed E-state index contributed by atoms with van der Waals surface area (Å²) in [6, 6.07) is 4.65. The fraction of sp³-hybridized carbons (Fsp3) is 0. The van der Waals surface area contributed by atoms with Gasteiger partial charge in [-0.25, -0.2) is 0 Å². The zero-order valence-electron chi connectivity index (χ0n) is 6.48. The molecule has 0 amide bonds. The number of hydrazone groups is 1. The van der Waals surface area contributed by atoms with Crippen LogP contribution in [-0.4, -0.2) is 11.1 Å². The minimum atomic E-state index is -0.484. The van der Waals surface area contributed by atoms with Gasteiger partial charge in [0.25, 0.3) is 5.69 Å². The summed E-state index contributed by atoms with van der Waals surface area (Å²) in [6.07, 6.45) is 1.24. The van der Waals surface area contributed by atoms with E-state index < -0.39 is 4.92 Å². The maximum absolute atomic E-state index is 10.5. The van der Waals surface area contributed by atoms with Crippen molar-refractivity contribution in [1.82, 2.24) is 0 Å². The monoisotopic (exact) mass is 243 g/mol. The van der Waals surface area contributed by atoms with Crippen molar-refractivity contribution in [3.63, 3.8) is 0 Å². The first-order valence-electron chi connectivity index (χ1n) is 3.32. The fourth-order valence-corrected chi connectivity index (χ4v) is 1.21. The van der Waals surface area contributed by atoms with E-state index in [1.54, 1.807) is 12.1 Å². The third-order valence-electron chi connectivity index (χ3n) is 1.40. The van der Waals surface area contributed by atoms with Crippen molar-refractivity contribution in [1.29, 1.82) is 0 Å². The normalized spacial score (nSPS) is 10.5. The van der Waals surface area contributed by atoms with Crippen LogP contribution in [0.4, 0.5) is 5.69 Å². The molecule has 6 heteroatoms. The zero-order valence-corrected chi connectivity index (χ0v) is 8.06. The topological polar surface area (TPSA) is 81.5 Å². The number of nitro groups is 1. The molecule has 0 radical (unpaired) electrons. The number of halogens is 1. The van der Waals surface area contributed by atoms with Crippen LogP contribution < -0.4 is 5.84 Å². The molecular weight excluding hydrogens is 238 g/mol. The van der Waals surface area contributed by atoms with Crippen molar-refractivity contribution in [3.8, 4) is 0 Å². The SMILES string of the molecule is NN=Cc1ccc(Br)cc1[N+](=O)[O-]. The van der Waals surface area contributed by atoms with Crippen molar-refractivity contribution in [3.05, 3.63) is 38.3 Å². The highest BCUT2D eigenvalue weighted by molar-refractivity contribution is 9.10. The van der Waals surface area contributed by atoms with E-state index >= 15 is 0 Å². The van der Waals surface area contributed by atoms with Gasteiger partial charge in [-0.2, -0.15) is 5.10 Å². The van der Waals surface area contributed by atoms with E-state index in [9.17, 15) is 10.1 Å². The molecule has 0 unspecified atom stereocenters. The van der Waals surface area contributed by atoms with Gasteiger partial charge in [-0.3, -0.25) is 10.1 Å². The lowest BCUT2D eigenvalue weighted by Gasteiger charge is -1.96. The van der Waals surface area contributed by atoms with Gasteiger partial charge in [-0.05, 0) is 12.1 Å². The van der Waals surface area contributed by atoms with Crippen LogP contribution in [0.2, 0.25) is 0 Å². The first kappa shape index (κ1) is 9.66. The molecule has 13 heavy (non-hydrogen) atoms. The van der Waals surface area contributed by atoms with Gasteiger partial charge in [0.15, 0.2) is 0 Å². The smallest absolute Gasteiger partial charge is 0.279 e. The summed E-state index contributed by atoms with van der Waals surface area (Å²) < 4.78 is 0.647. The lowest BCUT2D eigenvalue weighted by molar-refractivity contribution is -0.385. The van der Waals surface area contributed by atoms with E-state index in [2.05, 4.69) is 21.0 Å². The van der Waals surface area contributed by atoms with Crippen LogP contribution in [0.25, 0.3) is 0 Å². The quantitative estimate of drug-likeness (QED) is 0.371. The van der Waals surface area contributed by atoms with Crippen LogP contribution in [0.5, 0.6) is 0 Å². The van der Waals surface area contributed by atoms with Gasteiger partial charge >= 0.3 is 0 Å². The second kappa shape index (κ2) is 3.99. The zero-order chi connectivity index (χ0) is 9.84. The van der Waals surface area contributed by atoms with Crippen LogP contribution in [0.15, 0.2) is 27.8 Å². The van der Waals surface area contributed by atoms with Crippen LogP contribution in [0.3, 0.4) is 0 Å². The molecule has 0 bridgehead atoms. The number of nitrogens with two attached hydrogens (primary N) is 1. The Bertz CT molecular complexity index is 365. The van der Waals surface area contributed by atoms with Crippen LogP contribution in [0, 0.1) is 10.1 Å². The van der Waals surface area contributed by atoms with Crippen molar-refractivity contribution in [2.24, 2.45) is 10.9 Å². The molecule has 1 aromatic carbocycles. The number of hydrogen-bond donors (Lipinski definition) is 1. The van der Waals surface area contributed by atoms with Crippen molar-refractivity contribution in [2.45, 2.75) is 0 Å². The van der Waals surface area contributed by atoms with Crippen molar-refractivity contribution >= 4 is 27.8 Å². The minimum absolute atomic E-state index is 0.0245. The van der Waals surface area contributed by atoms with E-state index in [1.807, 2.05) is 0 Å². The first-order chi connectivity index (χ1) is 6.15. The van der Waals surface area contributed by atoms with Crippen LogP contribution >= 0.6 is 15.9 Å². The summed E-state index contributed by atoms with van der Waals surface area (Å²) in [5.74, 6) is 4.90. The highest BCUT2D eigenvalue weighted by Crippen LogP contribution is 2.21. The van der Waals surface area contributed by atoms with Gasteiger partial charge in [0.1, 0.15) is 0 Å². The number of nitrogens with zero attached hydrogens (tertiary/aromatic N) is 2. The van der Waals surface area contributed by atoms with Crippen molar-refractivity contribution < 1.29 is 4.92 Å². The van der Waals surface area contributed by atoms with Gasteiger partial charge in [-0.1, -0.05) is 15.9 Å². The van der Waals surface area contributed by atoms with E-state index in [1.165, 1.54) is 12.3 Å². The van der Waals surface area contributed by atoms with Gasteiger partial charge in [0.05, 0.1) is 16.7 Å². The Labute approximate surface area is 82.5 Å². The molecule has 2 N–H and O–H groups in total. The first-order valence-corrected chi connectivity index (χ1v) is 4.11. The molecule has 1 aromatic rings. The maximum atomic E-state index is 10.5. The number of hydrogen-bond acceptors (Lipinski definition) is 4. The van der Waals surface area contributed by atoms with Crippen LogP contribution in [-0.2, 0) is 0 Å². The summed E-state index contributed by atoms with van der Waals surface area (Å²) in [4.78, 5) is 10.0. The minimum Gasteiger partial charge on any atom is -0.323 e. The molecule has 68 valence electrons. The van der Waals surface area contributed by atoms with E-state index in [0.29, 0.717) is 10.0 Å². The largest absolute Gasteiger partial charge is 0.323 e. The molecule has 0 fully saturated rings. The molecule has 0 aliphatic carbocycles. The molecule has 5 nitrogen and oxygen atoms in total. The third-order valence-corrected chi connectivity index (χ3v) is 1.90. The Morgan fingerprint density at radius 3 is 2.85 bits per heavy atom. The standard InChI is InChI=1S/C7H6BrN3O2/c8-6-2-1-5(4-10-9)7(3-6)11(12)13/h1-4H,9H2. The summed E-state index contributed by atoms with van der Waals surface area (Å²) in [7, 11) is 0. The predicted octanol–water partition coefficient (Wildman–Crippen LogP) is 1.65. The van der Waals surface area contributed by atoms with Crippen molar-refractivity contribution in [2.75, 3.05) is 0 Å². The lowest BCUT2D eigenvalue weighted by atomic mass is 10.2. The fourth-order valence-electron chi connectivity index (χ4n) is 0.864. The molecule has 0 saturated carbocycles. The molecule has 0 spiro atoms. The van der Waals surface area contributed by atoms with Gasteiger partial charge in [0, 0.05) is 10.5 Å². The summed E-state index contributed by atoms with van der Waals surface area (Å²) in [5.41, 5.74) is 0.360. The molecule has 0 atom stereocenters. The average molecular weight is 244 g/mol. The molecule has 0 heterocycles. The lowest BCUT2D eigenvalue weighted by Crippen LogP contribution is -1.95. The summed E-state index contributed by atoms with van der Waals surface area (Å²) in [5, 5.41) is 13.8. The highest BCUT2D eigenvalue weighted by atomic mass is 79.9. The summed E-state index contributed by atoms with van der Waals surface area (Å²) in [6.45, 7) is 0. The molecule has 0 saturated heterocycles. The molecular formula is C7H6BrN3O2. The van der Waals surface area contributed by atoms with Gasteiger partial charge < -0.3 is 5.84 Å². The van der Waals surface area contributed by atoms with Crippen LogP contribution in [0.1, 0.15) is 5.56 Å². The highest BCUT2D eigenvalue weighted by Gasteiger charge is 2.11. The third kappa shape index (κ3) is 2.25. The second-order valence-electron chi connectivity index (χ2n) is 2.24. The van der Waals surface area contributed by atoms with E-state index in [0.717, 1.165) is 0 Å². The van der Waals surface area contributed by atoms with Gasteiger partial charge in [-0.15, -0.1) is 0 Å². The average Bonchev–Trinajstić information content (AvgIpc) is 2.08. The van der Waals surface area contributed by atoms with Gasteiger partial charge in [0.2, 0.25) is 0 Å². The number of rotatable bonds is 2. The molecule has 0 aliphatic heterocycles. The molecule has 0 aromatic heterocycles. The van der Waals surface area contributed by atoms with E-state index in [-0.39, 0.29) is 5.69 Å². The molecule has 0 aliphatic rings. The molecule has 1 rings (SSSR count). The Morgan fingerprint density at radius 2 is 2.31 bits per heavy atom. The maximum Gasteiger partial charge on any atom is 0.279 e. The summed E-state index contributed by atoms with van der Waals surface area (Å²) >= 11 is 3.14. The predicted molar refractivity (Wildman–Crippen MR) is 52.6 cm³/mol. The Hall–Kier alpha value is -1.43. The van der Waals surface area contributed by atoms with E-state index in [4.69, 9.17) is 5.84 Å². The number of benzene rings is 1. The Kier molecular flexibility index (Phi) is 2.97. The Balaban J connectivity index is 3.26. The number of nitro benzene ring substituents is 1. The second-order valence-corrected chi connectivity index (χ2v) is 3.15. The Morgan fingerprint density at radius 1 is 1.62 bits per heavy atom.